The third kappa shape index (κ3) is 3.37. The zero-order valence-corrected chi connectivity index (χ0v) is 18.2. The quantitative estimate of drug-likeness (QED) is 0.470. The van der Waals surface area contributed by atoms with Crippen molar-refractivity contribution >= 4 is 22.5 Å². The normalized spacial score (nSPS) is 14.6. The first-order valence-corrected chi connectivity index (χ1v) is 10.7. The Hall–Kier alpha value is -3.82. The van der Waals surface area contributed by atoms with E-state index >= 15 is 0 Å². The van der Waals surface area contributed by atoms with Gasteiger partial charge in [0, 0.05) is 6.04 Å². The van der Waals surface area contributed by atoms with Gasteiger partial charge in [0.05, 0.1) is 16.9 Å². The maximum atomic E-state index is 13.5. The number of rotatable bonds is 6. The van der Waals surface area contributed by atoms with Gasteiger partial charge in [0.1, 0.15) is 29.4 Å². The van der Waals surface area contributed by atoms with Gasteiger partial charge < -0.3 is 15.6 Å². The van der Waals surface area contributed by atoms with Crippen molar-refractivity contribution in [3.8, 4) is 11.5 Å². The molecule has 10 heteroatoms. The number of anilines is 2. The number of nitrogens with zero attached hydrogens (tertiary/aromatic N) is 6. The summed E-state index contributed by atoms with van der Waals surface area (Å²) in [6.45, 7) is 5.70. The summed E-state index contributed by atoms with van der Waals surface area (Å²) in [5.41, 5.74) is 8.19. The maximum absolute atomic E-state index is 13.5. The van der Waals surface area contributed by atoms with E-state index in [-0.39, 0.29) is 29.4 Å². The van der Waals surface area contributed by atoms with Crippen molar-refractivity contribution in [2.75, 3.05) is 11.1 Å². The standard InChI is InChI=1S/C22H24N8O2/c1-4-14(27-19-17(18(23)24-10-25-19)21-26-12(3)29-32-21)20-28-15-7-5-6-11(2)16(15)22(31)30(20)13-8-9-13/h5-7,10,13-14H,4,8-9H2,1-3H3,(H3,23,24,25,27)/t14-/m0/s1. The van der Waals surface area contributed by atoms with Gasteiger partial charge in [0.15, 0.2) is 5.82 Å². The smallest absolute Gasteiger partial charge is 0.265 e. The van der Waals surface area contributed by atoms with Gasteiger partial charge in [-0.05, 0) is 44.7 Å². The van der Waals surface area contributed by atoms with E-state index in [1.807, 2.05) is 36.6 Å². The Bertz CT molecular complexity index is 1370. The number of nitrogens with one attached hydrogen (secondary N) is 1. The van der Waals surface area contributed by atoms with Crippen molar-refractivity contribution in [2.24, 2.45) is 0 Å². The number of aryl methyl sites for hydroxylation is 2. The maximum Gasteiger partial charge on any atom is 0.265 e. The molecule has 164 valence electrons. The molecule has 1 atom stereocenters. The summed E-state index contributed by atoms with van der Waals surface area (Å²) in [5.74, 6) is 2.08. The molecule has 32 heavy (non-hydrogen) atoms. The van der Waals surface area contributed by atoms with Crippen LogP contribution in [0, 0.1) is 13.8 Å². The summed E-state index contributed by atoms with van der Waals surface area (Å²) in [5, 5.41) is 7.93. The van der Waals surface area contributed by atoms with Gasteiger partial charge in [-0.3, -0.25) is 9.36 Å². The summed E-state index contributed by atoms with van der Waals surface area (Å²) in [6.07, 6.45) is 3.98. The second-order valence-corrected chi connectivity index (χ2v) is 8.08. The van der Waals surface area contributed by atoms with Gasteiger partial charge in [-0.25, -0.2) is 15.0 Å². The van der Waals surface area contributed by atoms with Crippen LogP contribution in [0.1, 0.15) is 55.5 Å². The van der Waals surface area contributed by atoms with Crippen LogP contribution in [0.2, 0.25) is 0 Å². The summed E-state index contributed by atoms with van der Waals surface area (Å²) < 4.78 is 7.17. The molecule has 10 nitrogen and oxygen atoms in total. The highest BCUT2D eigenvalue weighted by Gasteiger charge is 2.32. The highest BCUT2D eigenvalue weighted by atomic mass is 16.5. The van der Waals surface area contributed by atoms with Crippen molar-refractivity contribution in [1.82, 2.24) is 29.7 Å². The molecule has 0 radical (unpaired) electrons. The molecule has 5 rings (SSSR count). The Kier molecular flexibility index (Phi) is 4.84. The lowest BCUT2D eigenvalue weighted by atomic mass is 10.1. The van der Waals surface area contributed by atoms with Crippen molar-refractivity contribution in [3.63, 3.8) is 0 Å². The monoisotopic (exact) mass is 432 g/mol. The van der Waals surface area contributed by atoms with E-state index in [1.54, 1.807) is 6.92 Å². The molecular formula is C22H24N8O2. The molecule has 1 fully saturated rings. The van der Waals surface area contributed by atoms with Crippen LogP contribution in [0.15, 0.2) is 33.8 Å². The average Bonchev–Trinajstić information content (AvgIpc) is 3.51. The van der Waals surface area contributed by atoms with Gasteiger partial charge in [-0.1, -0.05) is 24.2 Å². The molecule has 1 aliphatic rings. The van der Waals surface area contributed by atoms with Crippen LogP contribution in [-0.2, 0) is 0 Å². The first kappa shape index (κ1) is 20.1. The van der Waals surface area contributed by atoms with E-state index in [0.717, 1.165) is 18.4 Å². The zero-order chi connectivity index (χ0) is 22.4. The van der Waals surface area contributed by atoms with Crippen LogP contribution in [0.5, 0.6) is 0 Å². The SMILES string of the molecule is CC[C@H](Nc1ncnc(N)c1-c1nc(C)no1)c1nc2cccc(C)c2c(=O)n1C1CC1. The fourth-order valence-electron chi connectivity index (χ4n) is 3.99. The second-order valence-electron chi connectivity index (χ2n) is 8.08. The van der Waals surface area contributed by atoms with Gasteiger partial charge in [-0.2, -0.15) is 4.98 Å². The van der Waals surface area contributed by atoms with Crippen molar-refractivity contribution in [1.29, 1.82) is 0 Å². The number of hydrogen-bond acceptors (Lipinski definition) is 9. The largest absolute Gasteiger partial charge is 0.383 e. The fourth-order valence-corrected chi connectivity index (χ4v) is 3.99. The van der Waals surface area contributed by atoms with Crippen LogP contribution in [0.4, 0.5) is 11.6 Å². The first-order valence-electron chi connectivity index (χ1n) is 10.7. The van der Waals surface area contributed by atoms with Crippen molar-refractivity contribution in [2.45, 2.75) is 52.1 Å². The third-order valence-corrected chi connectivity index (χ3v) is 5.73. The highest BCUT2D eigenvalue weighted by Crippen LogP contribution is 2.38. The lowest BCUT2D eigenvalue weighted by molar-refractivity contribution is 0.425. The minimum atomic E-state index is -0.287. The van der Waals surface area contributed by atoms with E-state index in [0.29, 0.717) is 40.4 Å². The summed E-state index contributed by atoms with van der Waals surface area (Å²) >= 11 is 0. The van der Waals surface area contributed by atoms with Gasteiger partial charge in [0.2, 0.25) is 0 Å². The minimum absolute atomic E-state index is 0.000742. The zero-order valence-electron chi connectivity index (χ0n) is 18.2. The predicted molar refractivity (Wildman–Crippen MR) is 120 cm³/mol. The molecular weight excluding hydrogens is 408 g/mol. The summed E-state index contributed by atoms with van der Waals surface area (Å²) in [6, 6.07) is 5.63. The van der Waals surface area contributed by atoms with Crippen LogP contribution >= 0.6 is 0 Å². The molecule has 3 heterocycles. The highest BCUT2D eigenvalue weighted by molar-refractivity contribution is 5.81. The van der Waals surface area contributed by atoms with Crippen LogP contribution in [-0.4, -0.2) is 29.7 Å². The third-order valence-electron chi connectivity index (χ3n) is 5.73. The Morgan fingerprint density at radius 2 is 2.06 bits per heavy atom. The van der Waals surface area contributed by atoms with Gasteiger partial charge >= 0.3 is 0 Å². The Labute approximate surface area is 183 Å². The molecule has 0 bridgehead atoms. The Balaban J connectivity index is 1.64. The predicted octanol–water partition coefficient (Wildman–Crippen LogP) is 3.33. The van der Waals surface area contributed by atoms with E-state index in [9.17, 15) is 4.79 Å². The van der Waals surface area contributed by atoms with Crippen molar-refractivity contribution < 1.29 is 4.52 Å². The van der Waals surface area contributed by atoms with Crippen LogP contribution in [0.25, 0.3) is 22.4 Å². The number of benzene rings is 1. The molecule has 3 N–H and O–H groups in total. The number of fused-ring (bicyclic) bond motifs is 1. The fraction of sp³-hybridized carbons (Fsp3) is 0.364. The molecule has 0 aliphatic heterocycles. The lowest BCUT2D eigenvalue weighted by Gasteiger charge is -2.23. The number of nitrogen functional groups attached to an aromatic ring is 1. The van der Waals surface area contributed by atoms with E-state index in [2.05, 4.69) is 25.4 Å². The summed E-state index contributed by atoms with van der Waals surface area (Å²) in [7, 11) is 0. The molecule has 1 aliphatic carbocycles. The number of hydrogen-bond donors (Lipinski definition) is 2. The van der Waals surface area contributed by atoms with E-state index in [4.69, 9.17) is 15.2 Å². The molecule has 4 aromatic rings. The first-order chi connectivity index (χ1) is 15.5. The molecule has 0 saturated heterocycles. The Morgan fingerprint density at radius 1 is 1.25 bits per heavy atom. The second kappa shape index (κ2) is 7.70. The Morgan fingerprint density at radius 3 is 2.75 bits per heavy atom. The van der Waals surface area contributed by atoms with Gasteiger partial charge in [0.25, 0.3) is 11.4 Å². The van der Waals surface area contributed by atoms with E-state index < -0.39 is 0 Å². The number of aromatic nitrogens is 6. The van der Waals surface area contributed by atoms with Gasteiger partial charge in [-0.15, -0.1) is 0 Å². The lowest BCUT2D eigenvalue weighted by Crippen LogP contribution is -2.29. The molecule has 1 saturated carbocycles. The molecule has 0 spiro atoms. The molecule has 3 aromatic heterocycles. The van der Waals surface area contributed by atoms with Crippen LogP contribution < -0.4 is 16.6 Å². The average molecular weight is 432 g/mol. The summed E-state index contributed by atoms with van der Waals surface area (Å²) in [4.78, 5) is 31.2. The van der Waals surface area contributed by atoms with E-state index in [1.165, 1.54) is 6.33 Å². The minimum Gasteiger partial charge on any atom is -0.383 e. The molecule has 0 unspecified atom stereocenters. The van der Waals surface area contributed by atoms with Crippen LogP contribution in [0.3, 0.4) is 0 Å². The topological polar surface area (TPSA) is 138 Å². The molecule has 1 aromatic carbocycles. The molecule has 0 amide bonds. The number of nitrogens with two attached hydrogens (primary N) is 1. The van der Waals surface area contributed by atoms with Crippen molar-refractivity contribution in [3.05, 3.63) is 52.1 Å².